The topological polar surface area (TPSA) is 86.2 Å². The first-order valence-electron chi connectivity index (χ1n) is 2.37. The smallest absolute Gasteiger partial charge is 0.293 e. The van der Waals surface area contributed by atoms with E-state index in [1.54, 1.807) is 0 Å². The maximum absolute atomic E-state index is 10.3. The Labute approximate surface area is 55.8 Å². The van der Waals surface area contributed by atoms with Gasteiger partial charge in [0.2, 0.25) is 0 Å². The van der Waals surface area contributed by atoms with E-state index in [0.717, 1.165) is 6.26 Å². The van der Waals surface area contributed by atoms with Gasteiger partial charge in [0, 0.05) is 0 Å². The molecule has 2 N–H and O–H groups in total. The number of nitrogens with zero attached hydrogens (tertiary/aromatic N) is 1. The molecule has 10 heavy (non-hydrogen) atoms. The lowest BCUT2D eigenvalue weighted by atomic mass is 10.5. The Morgan fingerprint density at radius 1 is 1.80 bits per heavy atom. The molecule has 0 saturated carbocycles. The SMILES string of the molecule is NC(=O)c1coc([C]=O)n1. The number of carbonyl (C=O) groups is 1. The van der Waals surface area contributed by atoms with E-state index in [9.17, 15) is 9.59 Å². The van der Waals surface area contributed by atoms with Crippen LogP contribution in [0.5, 0.6) is 0 Å². The van der Waals surface area contributed by atoms with Gasteiger partial charge in [-0.25, -0.2) is 4.98 Å². The lowest BCUT2D eigenvalue weighted by Crippen LogP contribution is -2.11. The highest BCUT2D eigenvalue weighted by atomic mass is 16.3. The van der Waals surface area contributed by atoms with Gasteiger partial charge in [0.25, 0.3) is 18.1 Å². The van der Waals surface area contributed by atoms with Gasteiger partial charge in [-0.1, -0.05) is 0 Å². The molecule has 1 amide bonds. The van der Waals surface area contributed by atoms with Gasteiger partial charge >= 0.3 is 0 Å². The minimum Gasteiger partial charge on any atom is -0.441 e. The van der Waals surface area contributed by atoms with Crippen LogP contribution >= 0.6 is 0 Å². The summed E-state index contributed by atoms with van der Waals surface area (Å²) >= 11 is 0. The van der Waals surface area contributed by atoms with Gasteiger partial charge in [-0.2, -0.15) is 0 Å². The predicted molar refractivity (Wildman–Crippen MR) is 29.8 cm³/mol. The predicted octanol–water partition coefficient (Wildman–Crippen LogP) is -0.769. The van der Waals surface area contributed by atoms with Crippen molar-refractivity contribution in [3.63, 3.8) is 0 Å². The molecule has 0 aliphatic carbocycles. The van der Waals surface area contributed by atoms with Crippen molar-refractivity contribution in [3.05, 3.63) is 17.8 Å². The largest absolute Gasteiger partial charge is 0.441 e. The molecule has 51 valence electrons. The highest BCUT2D eigenvalue weighted by molar-refractivity contribution is 5.91. The van der Waals surface area contributed by atoms with Crippen LogP contribution in [0.1, 0.15) is 16.4 Å². The zero-order valence-corrected chi connectivity index (χ0v) is 4.83. The fraction of sp³-hybridized carbons (Fsp3) is 0. The van der Waals surface area contributed by atoms with Gasteiger partial charge in [0.05, 0.1) is 0 Å². The van der Waals surface area contributed by atoms with Crippen LogP contribution in [0, 0.1) is 0 Å². The van der Waals surface area contributed by atoms with E-state index < -0.39 is 5.91 Å². The van der Waals surface area contributed by atoms with Gasteiger partial charge in [-0.05, 0) is 0 Å². The summed E-state index contributed by atoms with van der Waals surface area (Å²) in [6, 6.07) is 0. The summed E-state index contributed by atoms with van der Waals surface area (Å²) < 4.78 is 4.44. The molecular weight excluding hydrogens is 136 g/mol. The zero-order chi connectivity index (χ0) is 7.56. The number of amides is 1. The van der Waals surface area contributed by atoms with Gasteiger partial charge in [0.15, 0.2) is 5.69 Å². The maximum Gasteiger partial charge on any atom is 0.293 e. The van der Waals surface area contributed by atoms with Crippen molar-refractivity contribution in [3.8, 4) is 0 Å². The van der Waals surface area contributed by atoms with Crippen LogP contribution in [-0.4, -0.2) is 17.2 Å². The monoisotopic (exact) mass is 139 g/mol. The summed E-state index contributed by atoms with van der Waals surface area (Å²) in [5.74, 6) is -1.00. The summed E-state index contributed by atoms with van der Waals surface area (Å²) in [6.07, 6.45) is 2.37. The first-order chi connectivity index (χ1) is 4.74. The van der Waals surface area contributed by atoms with E-state index in [-0.39, 0.29) is 11.6 Å². The fourth-order valence-electron chi connectivity index (χ4n) is 0.434. The minimum absolute atomic E-state index is 0.0710. The third kappa shape index (κ3) is 1.02. The van der Waals surface area contributed by atoms with Crippen molar-refractivity contribution in [1.29, 1.82) is 0 Å². The summed E-state index contributed by atoms with van der Waals surface area (Å²) in [4.78, 5) is 23.5. The number of rotatable bonds is 2. The summed E-state index contributed by atoms with van der Waals surface area (Å²) in [5, 5.41) is 0. The van der Waals surface area contributed by atoms with E-state index in [1.165, 1.54) is 6.29 Å². The highest BCUT2D eigenvalue weighted by Gasteiger charge is 2.06. The molecule has 5 heteroatoms. The van der Waals surface area contributed by atoms with Crippen LogP contribution in [0.3, 0.4) is 0 Å². The Balaban J connectivity index is 2.98. The second kappa shape index (κ2) is 2.30. The molecule has 1 radical (unpaired) electrons. The number of hydrogen-bond donors (Lipinski definition) is 1. The maximum atomic E-state index is 10.3. The summed E-state index contributed by atoms with van der Waals surface area (Å²) in [5.41, 5.74) is 4.72. The third-order valence-corrected chi connectivity index (χ3v) is 0.844. The molecule has 0 aliphatic heterocycles. The van der Waals surface area contributed by atoms with Crippen molar-refractivity contribution in [2.75, 3.05) is 0 Å². The quantitative estimate of drug-likeness (QED) is 0.582. The fourth-order valence-corrected chi connectivity index (χ4v) is 0.434. The molecule has 0 aliphatic rings. The van der Waals surface area contributed by atoms with Crippen LogP contribution in [-0.2, 0) is 4.79 Å². The zero-order valence-electron chi connectivity index (χ0n) is 4.83. The molecule has 1 heterocycles. The second-order valence-corrected chi connectivity index (χ2v) is 1.50. The van der Waals surface area contributed by atoms with Crippen molar-refractivity contribution in [1.82, 2.24) is 4.98 Å². The molecule has 0 unspecified atom stereocenters. The van der Waals surface area contributed by atoms with Crippen LogP contribution in [0.2, 0.25) is 0 Å². The van der Waals surface area contributed by atoms with Crippen LogP contribution in [0.4, 0.5) is 0 Å². The number of oxazole rings is 1. The van der Waals surface area contributed by atoms with E-state index in [2.05, 4.69) is 9.40 Å². The van der Waals surface area contributed by atoms with Crippen molar-refractivity contribution in [2.45, 2.75) is 0 Å². The van der Waals surface area contributed by atoms with E-state index in [0.29, 0.717) is 0 Å². The van der Waals surface area contributed by atoms with Crippen molar-refractivity contribution < 1.29 is 14.0 Å². The molecule has 5 nitrogen and oxygen atoms in total. The van der Waals surface area contributed by atoms with Gasteiger partial charge in [-0.3, -0.25) is 9.59 Å². The van der Waals surface area contributed by atoms with E-state index in [4.69, 9.17) is 5.73 Å². The third-order valence-electron chi connectivity index (χ3n) is 0.844. The first-order valence-corrected chi connectivity index (χ1v) is 2.37. The number of primary amides is 1. The molecule has 0 bridgehead atoms. The highest BCUT2D eigenvalue weighted by Crippen LogP contribution is 1.96. The molecule has 0 fully saturated rings. The Bertz CT molecular complexity index is 266. The molecule has 1 rings (SSSR count). The molecular formula is C5H3N2O3. The van der Waals surface area contributed by atoms with Crippen LogP contribution < -0.4 is 5.73 Å². The average molecular weight is 139 g/mol. The number of nitrogens with two attached hydrogens (primary N) is 1. The molecule has 0 aromatic carbocycles. The normalized spacial score (nSPS) is 9.20. The Kier molecular flexibility index (Phi) is 1.49. The van der Waals surface area contributed by atoms with E-state index in [1.807, 2.05) is 0 Å². The average Bonchev–Trinajstić information content (AvgIpc) is 2.34. The van der Waals surface area contributed by atoms with Crippen LogP contribution in [0.15, 0.2) is 10.7 Å². The Morgan fingerprint density at radius 3 is 2.80 bits per heavy atom. The number of aromatic nitrogens is 1. The van der Waals surface area contributed by atoms with Gasteiger partial charge in [-0.15, -0.1) is 0 Å². The first kappa shape index (κ1) is 6.47. The van der Waals surface area contributed by atoms with E-state index >= 15 is 0 Å². The summed E-state index contributed by atoms with van der Waals surface area (Å²) in [7, 11) is 0. The molecule has 0 atom stereocenters. The lowest BCUT2D eigenvalue weighted by molar-refractivity contribution is 0.0995. The summed E-state index contributed by atoms with van der Waals surface area (Å²) in [6.45, 7) is 0. The molecule has 0 saturated heterocycles. The lowest BCUT2D eigenvalue weighted by Gasteiger charge is -1.77. The van der Waals surface area contributed by atoms with Crippen molar-refractivity contribution >= 4 is 12.2 Å². The van der Waals surface area contributed by atoms with Gasteiger partial charge in [0.1, 0.15) is 6.26 Å². The number of carbonyl (C=O) groups excluding carboxylic acids is 2. The van der Waals surface area contributed by atoms with Crippen molar-refractivity contribution in [2.24, 2.45) is 5.73 Å². The Hall–Kier alpha value is -1.65. The molecule has 1 aromatic rings. The standard InChI is InChI=1S/C5H3N2O3/c6-5(9)3-2-10-4(1-8)7-3/h2H,(H2,6,9). The molecule has 1 aromatic heterocycles. The number of hydrogen-bond acceptors (Lipinski definition) is 4. The minimum atomic E-state index is -0.731. The van der Waals surface area contributed by atoms with Crippen LogP contribution in [0.25, 0.3) is 0 Å². The second-order valence-electron chi connectivity index (χ2n) is 1.50. The molecule has 0 spiro atoms. The van der Waals surface area contributed by atoms with Gasteiger partial charge < -0.3 is 10.2 Å². The Morgan fingerprint density at radius 2 is 2.50 bits per heavy atom.